The third-order valence-corrected chi connectivity index (χ3v) is 7.67. The fraction of sp³-hybridized carbons (Fsp3) is 0.333. The molecule has 1 aliphatic heterocycles. The van der Waals surface area contributed by atoms with Crippen LogP contribution in [0.5, 0.6) is 0 Å². The summed E-state index contributed by atoms with van der Waals surface area (Å²) in [5, 5.41) is 3.47. The topological polar surface area (TPSA) is 81.3 Å². The lowest BCUT2D eigenvalue weighted by Gasteiger charge is -2.17. The van der Waals surface area contributed by atoms with E-state index < -0.39 is 10.0 Å². The van der Waals surface area contributed by atoms with E-state index >= 15 is 0 Å². The normalized spacial score (nSPS) is 20.1. The van der Waals surface area contributed by atoms with Gasteiger partial charge in [-0.2, -0.15) is 0 Å². The average Bonchev–Trinajstić information content (AvgIpc) is 3.44. The highest BCUT2D eigenvalue weighted by atomic mass is 32.2. The molecule has 0 spiro atoms. The van der Waals surface area contributed by atoms with Gasteiger partial charge in [-0.1, -0.05) is 31.0 Å². The summed E-state index contributed by atoms with van der Waals surface area (Å²) in [6.45, 7) is 6.03. The predicted molar refractivity (Wildman–Crippen MR) is 112 cm³/mol. The van der Waals surface area contributed by atoms with Gasteiger partial charge < -0.3 is 5.32 Å². The number of aryl methyl sites for hydroxylation is 1. The minimum Gasteiger partial charge on any atom is -0.316 e. The summed E-state index contributed by atoms with van der Waals surface area (Å²) in [6.07, 6.45) is 6.22. The zero-order valence-corrected chi connectivity index (χ0v) is 17.2. The Balaban J connectivity index is 1.70. The molecule has 0 amide bonds. The summed E-state index contributed by atoms with van der Waals surface area (Å²) in [4.78, 5) is 9.23. The van der Waals surface area contributed by atoms with Gasteiger partial charge in [-0.25, -0.2) is 22.4 Å². The Labute approximate surface area is 169 Å². The molecule has 0 bridgehead atoms. The molecule has 4 heterocycles. The first kappa shape index (κ1) is 18.3. The second kappa shape index (κ2) is 6.67. The van der Waals surface area contributed by atoms with Crippen LogP contribution in [0, 0.1) is 12.8 Å². The van der Waals surface area contributed by atoms with E-state index in [-0.39, 0.29) is 4.90 Å². The molecule has 0 radical (unpaired) electrons. The Morgan fingerprint density at radius 2 is 1.90 bits per heavy atom. The highest BCUT2D eigenvalue weighted by Gasteiger charge is 2.30. The fourth-order valence-electron chi connectivity index (χ4n) is 4.33. The van der Waals surface area contributed by atoms with Crippen molar-refractivity contribution in [2.75, 3.05) is 13.1 Å². The Hall–Kier alpha value is -2.71. The lowest BCUT2D eigenvalue weighted by Crippen LogP contribution is -2.14. The van der Waals surface area contributed by atoms with E-state index in [0.717, 1.165) is 41.9 Å². The Morgan fingerprint density at radius 3 is 2.66 bits per heavy atom. The van der Waals surface area contributed by atoms with Gasteiger partial charge in [-0.15, -0.1) is 0 Å². The van der Waals surface area contributed by atoms with Crippen molar-refractivity contribution in [3.63, 3.8) is 0 Å². The van der Waals surface area contributed by atoms with Gasteiger partial charge in [0, 0.05) is 30.6 Å². The van der Waals surface area contributed by atoms with Crippen molar-refractivity contribution >= 4 is 26.8 Å². The quantitative estimate of drug-likeness (QED) is 0.560. The van der Waals surface area contributed by atoms with Crippen molar-refractivity contribution in [2.24, 2.45) is 5.92 Å². The number of imidazole rings is 1. The number of nitrogens with zero attached hydrogens (tertiary/aromatic N) is 4. The third-order valence-electron chi connectivity index (χ3n) is 5.99. The molecule has 3 aromatic heterocycles. The van der Waals surface area contributed by atoms with Crippen LogP contribution in [0.4, 0.5) is 0 Å². The van der Waals surface area contributed by atoms with E-state index in [4.69, 9.17) is 0 Å². The van der Waals surface area contributed by atoms with Crippen molar-refractivity contribution in [1.29, 1.82) is 0 Å². The average molecular weight is 410 g/mol. The number of nitrogens with one attached hydrogen (secondary N) is 1. The van der Waals surface area contributed by atoms with Gasteiger partial charge >= 0.3 is 0 Å². The van der Waals surface area contributed by atoms with Crippen molar-refractivity contribution < 1.29 is 8.42 Å². The fourth-order valence-corrected chi connectivity index (χ4v) is 5.63. The van der Waals surface area contributed by atoms with Crippen molar-refractivity contribution in [3.8, 4) is 0 Å². The molecule has 29 heavy (non-hydrogen) atoms. The van der Waals surface area contributed by atoms with Crippen LogP contribution in [0.1, 0.15) is 30.5 Å². The summed E-state index contributed by atoms with van der Waals surface area (Å²) in [5.74, 6) is 0.883. The molecule has 5 rings (SSSR count). The maximum Gasteiger partial charge on any atom is 0.269 e. The van der Waals surface area contributed by atoms with Crippen LogP contribution in [0.3, 0.4) is 0 Å². The SMILES string of the molecule is CCC1CNCC1c1cnc2cnc3c(ccn3S(=O)(=O)c3ccc(C)cc3)n12. The van der Waals surface area contributed by atoms with Crippen LogP contribution in [0.2, 0.25) is 0 Å². The number of hydrogen-bond acceptors (Lipinski definition) is 5. The van der Waals surface area contributed by atoms with E-state index in [1.807, 2.05) is 19.2 Å². The molecule has 1 aliphatic rings. The van der Waals surface area contributed by atoms with Crippen LogP contribution < -0.4 is 5.32 Å². The summed E-state index contributed by atoms with van der Waals surface area (Å²) >= 11 is 0. The van der Waals surface area contributed by atoms with E-state index in [1.54, 1.807) is 36.7 Å². The molecule has 2 unspecified atom stereocenters. The second-order valence-electron chi connectivity index (χ2n) is 7.71. The zero-order valence-electron chi connectivity index (χ0n) is 16.4. The number of aromatic nitrogens is 4. The molecule has 1 N–H and O–H groups in total. The molecule has 1 fully saturated rings. The van der Waals surface area contributed by atoms with Gasteiger partial charge in [0.25, 0.3) is 10.0 Å². The zero-order chi connectivity index (χ0) is 20.2. The minimum absolute atomic E-state index is 0.249. The molecule has 0 aliphatic carbocycles. The summed E-state index contributed by atoms with van der Waals surface area (Å²) in [7, 11) is -3.73. The molecular formula is C21H23N5O2S. The van der Waals surface area contributed by atoms with Gasteiger partial charge in [0.15, 0.2) is 11.3 Å². The molecule has 2 atom stereocenters. The van der Waals surface area contributed by atoms with Crippen molar-refractivity contribution in [2.45, 2.75) is 31.1 Å². The summed E-state index contributed by atoms with van der Waals surface area (Å²) in [6, 6.07) is 8.68. The summed E-state index contributed by atoms with van der Waals surface area (Å²) in [5.41, 5.74) is 4.03. The molecule has 7 nitrogen and oxygen atoms in total. The standard InChI is InChI=1S/C21H23N5O2S/c1-3-15-10-22-11-17(15)19-12-23-20-13-24-21-18(26(19)20)8-9-25(21)29(27,28)16-6-4-14(2)5-7-16/h4-9,12-13,15,17,22H,3,10-11H2,1-2H3. The molecule has 4 aromatic rings. The number of fused-ring (bicyclic) bond motifs is 3. The van der Waals surface area contributed by atoms with Gasteiger partial charge in [0.05, 0.1) is 16.6 Å². The Morgan fingerprint density at radius 1 is 1.10 bits per heavy atom. The highest BCUT2D eigenvalue weighted by molar-refractivity contribution is 7.90. The van der Waals surface area contributed by atoms with Gasteiger partial charge in [0.2, 0.25) is 0 Å². The first-order chi connectivity index (χ1) is 14.0. The second-order valence-corrected chi connectivity index (χ2v) is 9.52. The third kappa shape index (κ3) is 2.78. The minimum atomic E-state index is -3.73. The molecule has 150 valence electrons. The van der Waals surface area contributed by atoms with Crippen molar-refractivity contribution in [1.82, 2.24) is 23.7 Å². The molecule has 1 saturated heterocycles. The lowest BCUT2D eigenvalue weighted by molar-refractivity contribution is 0.493. The van der Waals surface area contributed by atoms with Crippen LogP contribution in [-0.4, -0.2) is 39.8 Å². The Kier molecular flexibility index (Phi) is 4.22. The van der Waals surface area contributed by atoms with Crippen LogP contribution in [0.25, 0.3) is 16.8 Å². The van der Waals surface area contributed by atoms with Gasteiger partial charge in [0.1, 0.15) is 0 Å². The molecular weight excluding hydrogens is 386 g/mol. The van der Waals surface area contributed by atoms with Crippen LogP contribution in [0.15, 0.2) is 53.8 Å². The van der Waals surface area contributed by atoms with Gasteiger partial charge in [-0.3, -0.25) is 4.40 Å². The van der Waals surface area contributed by atoms with Crippen LogP contribution in [-0.2, 0) is 10.0 Å². The summed E-state index contributed by atoms with van der Waals surface area (Å²) < 4.78 is 29.8. The molecule has 8 heteroatoms. The number of benzene rings is 1. The maximum absolute atomic E-state index is 13.2. The smallest absolute Gasteiger partial charge is 0.269 e. The van der Waals surface area contributed by atoms with E-state index in [9.17, 15) is 8.42 Å². The number of hydrogen-bond donors (Lipinski definition) is 1. The highest BCUT2D eigenvalue weighted by Crippen LogP contribution is 2.32. The lowest BCUT2D eigenvalue weighted by atomic mass is 9.91. The van der Waals surface area contributed by atoms with E-state index in [0.29, 0.717) is 17.5 Å². The van der Waals surface area contributed by atoms with E-state index in [2.05, 4.69) is 26.6 Å². The molecule has 1 aromatic carbocycles. The molecule has 0 saturated carbocycles. The van der Waals surface area contributed by atoms with Gasteiger partial charge in [-0.05, 0) is 37.6 Å². The Bertz CT molecular complexity index is 1300. The first-order valence-electron chi connectivity index (χ1n) is 9.87. The largest absolute Gasteiger partial charge is 0.316 e. The van der Waals surface area contributed by atoms with Crippen LogP contribution >= 0.6 is 0 Å². The first-order valence-corrected chi connectivity index (χ1v) is 11.3. The monoisotopic (exact) mass is 409 g/mol. The van der Waals surface area contributed by atoms with Crippen molar-refractivity contribution in [3.05, 3.63) is 60.2 Å². The maximum atomic E-state index is 13.2. The van der Waals surface area contributed by atoms with E-state index in [1.165, 1.54) is 3.97 Å². The predicted octanol–water partition coefficient (Wildman–Crippen LogP) is 2.94. The number of rotatable bonds is 4.